The van der Waals surface area contributed by atoms with Crippen molar-refractivity contribution in [2.45, 2.75) is 0 Å². The summed E-state index contributed by atoms with van der Waals surface area (Å²) in [5.74, 6) is 0.543. The van der Waals surface area contributed by atoms with Gasteiger partial charge in [-0.25, -0.2) is 15.0 Å². The molecule has 464 valence electrons. The van der Waals surface area contributed by atoms with Gasteiger partial charge in [-0.15, -0.1) is 0 Å². The molecule has 20 rings (SSSR count). The lowest BCUT2D eigenvalue weighted by Gasteiger charge is -2.11. The Morgan fingerprint density at radius 3 is 1.03 bits per heavy atom. The number of fused-ring (bicyclic) bond motifs is 14. The fourth-order valence-electron chi connectivity index (χ4n) is 15.1. The second kappa shape index (κ2) is 23.4. The Balaban J connectivity index is 0.000000139. The Morgan fingerprint density at radius 2 is 0.560 bits per heavy atom. The number of rotatable bonds is 8. The van der Waals surface area contributed by atoms with E-state index in [1.54, 1.807) is 0 Å². The Kier molecular flexibility index (Phi) is 13.5. The lowest BCUT2D eigenvalue weighted by Crippen LogP contribution is -1.97. The molecule has 0 amide bonds. The summed E-state index contributed by atoms with van der Waals surface area (Å²) in [5.41, 5.74) is 23.7. The second-order valence-electron chi connectivity index (χ2n) is 25.3. The first-order chi connectivity index (χ1) is 49.5. The third kappa shape index (κ3) is 9.41. The summed E-state index contributed by atoms with van der Waals surface area (Å²) in [7, 11) is 0. The van der Waals surface area contributed by atoms with E-state index in [1.807, 2.05) is 66.7 Å². The van der Waals surface area contributed by atoms with Crippen molar-refractivity contribution in [3.63, 3.8) is 0 Å². The number of nitrogens with zero attached hydrogens (tertiary/aromatic N) is 9. The highest BCUT2D eigenvalue weighted by Gasteiger charge is 2.20. The molecule has 0 N–H and O–H groups in total. The summed E-state index contributed by atoms with van der Waals surface area (Å²) in [4.78, 5) is 14.2. The van der Waals surface area contributed by atoms with Gasteiger partial charge in [-0.05, 0) is 168 Å². The molecule has 6 heterocycles. The number of aromatic nitrogens is 7. The van der Waals surface area contributed by atoms with E-state index in [0.717, 1.165) is 83.4 Å². The second-order valence-corrected chi connectivity index (χ2v) is 25.3. The zero-order valence-corrected chi connectivity index (χ0v) is 53.8. The predicted molar refractivity (Wildman–Crippen MR) is 410 cm³/mol. The van der Waals surface area contributed by atoms with E-state index < -0.39 is 0 Å². The lowest BCUT2D eigenvalue weighted by atomic mass is 10.0. The first kappa shape index (κ1) is 57.5. The molecule has 0 radical (unpaired) electrons. The number of benzene rings is 14. The molecule has 0 unspecified atom stereocenters. The van der Waals surface area contributed by atoms with Gasteiger partial charge < -0.3 is 18.3 Å². The van der Waals surface area contributed by atoms with Gasteiger partial charge in [0.25, 0.3) is 0 Å². The van der Waals surface area contributed by atoms with Gasteiger partial charge in [-0.1, -0.05) is 188 Å². The van der Waals surface area contributed by atoms with E-state index in [9.17, 15) is 10.5 Å². The van der Waals surface area contributed by atoms with Gasteiger partial charge in [0, 0.05) is 87.7 Å². The van der Waals surface area contributed by atoms with E-state index >= 15 is 0 Å². The molecule has 0 atom stereocenters. The largest absolute Gasteiger partial charge is 0.309 e. The highest BCUT2D eigenvalue weighted by Crippen LogP contribution is 2.42. The van der Waals surface area contributed by atoms with Crippen LogP contribution in [-0.2, 0) is 0 Å². The van der Waals surface area contributed by atoms with Crippen molar-refractivity contribution >= 4 is 109 Å². The Bertz CT molecular complexity index is 6370. The number of pyridine rings is 1. The molecular formula is C91H55N9. The van der Waals surface area contributed by atoms with Crippen LogP contribution in [0.1, 0.15) is 11.3 Å². The van der Waals surface area contributed by atoms with Crippen LogP contribution in [0.15, 0.2) is 334 Å². The number of para-hydroxylation sites is 8. The minimum atomic E-state index is 0.383. The van der Waals surface area contributed by atoms with E-state index in [2.05, 4.69) is 302 Å². The molecule has 14 aromatic carbocycles. The minimum absolute atomic E-state index is 0.383. The average Bonchev–Trinajstić information content (AvgIpc) is 1.60. The van der Waals surface area contributed by atoms with Crippen LogP contribution in [0, 0.1) is 22.7 Å². The molecule has 0 fully saturated rings. The molecular weight excluding hydrogens is 1220 g/mol. The highest BCUT2D eigenvalue weighted by molar-refractivity contribution is 6.15. The van der Waals surface area contributed by atoms with E-state index in [-0.39, 0.29) is 0 Å². The first-order valence-electron chi connectivity index (χ1n) is 33.4. The van der Waals surface area contributed by atoms with Gasteiger partial charge >= 0.3 is 0 Å². The molecule has 6 aromatic heterocycles. The number of hydrogen-bond donors (Lipinski definition) is 0. The van der Waals surface area contributed by atoms with Gasteiger partial charge in [0.2, 0.25) is 0 Å². The van der Waals surface area contributed by atoms with Crippen LogP contribution in [0.25, 0.3) is 177 Å². The number of nitriles is 2. The van der Waals surface area contributed by atoms with Crippen LogP contribution in [0.3, 0.4) is 0 Å². The smallest absolute Gasteiger partial charge is 0.161 e. The van der Waals surface area contributed by atoms with Gasteiger partial charge in [0.05, 0.1) is 72.5 Å². The summed E-state index contributed by atoms with van der Waals surface area (Å²) in [6.45, 7) is 0. The van der Waals surface area contributed by atoms with Crippen molar-refractivity contribution in [1.29, 1.82) is 10.5 Å². The quantitative estimate of drug-likeness (QED) is 0.151. The van der Waals surface area contributed by atoms with Crippen LogP contribution in [0.4, 0.5) is 0 Å². The zero-order valence-electron chi connectivity index (χ0n) is 53.8. The van der Waals surface area contributed by atoms with Crippen LogP contribution in [0.5, 0.6) is 0 Å². The standard InChI is InChI=1S/C46H28N4.C45H27N5/c47-29-33-27-42(48-41-15-7-4-12-36(33)41)30-18-22-35(23-19-30)49-44-17-9-6-14-38(44)40-26-31(21-25-45(40)49)32-20-24-39-37-13-5-8-16-43(37)50(46(39)28-32)34-10-2-1-3-11-34;46-28-40-37-14-4-7-15-39(37)47-45(48-40)29-18-22-33(23-19-29)49-42-17-9-6-13-35(42)38-26-30(21-25-43(38)49)31-20-24-36-34-12-5-8-16-41(34)50(44(36)27-31)32-10-2-1-3-11-32/h1-28H;1-27H. The van der Waals surface area contributed by atoms with Crippen molar-refractivity contribution in [3.05, 3.63) is 345 Å². The van der Waals surface area contributed by atoms with E-state index in [1.165, 1.54) is 87.4 Å². The molecule has 0 aliphatic heterocycles. The summed E-state index contributed by atoms with van der Waals surface area (Å²) < 4.78 is 9.39. The average molecular weight is 1270 g/mol. The Labute approximate surface area is 574 Å². The molecule has 9 heteroatoms. The third-order valence-corrected chi connectivity index (χ3v) is 19.7. The fraction of sp³-hybridized carbons (Fsp3) is 0. The fourth-order valence-corrected chi connectivity index (χ4v) is 15.1. The summed E-state index contributed by atoms with van der Waals surface area (Å²) in [6, 6.07) is 122. The van der Waals surface area contributed by atoms with Gasteiger partial charge in [-0.2, -0.15) is 10.5 Å². The van der Waals surface area contributed by atoms with E-state index in [0.29, 0.717) is 17.1 Å². The maximum atomic E-state index is 9.82. The Morgan fingerprint density at radius 1 is 0.220 bits per heavy atom. The normalized spacial score (nSPS) is 11.6. The topological polar surface area (TPSA) is 106 Å². The lowest BCUT2D eigenvalue weighted by molar-refractivity contribution is 1.17. The zero-order chi connectivity index (χ0) is 66.4. The molecule has 0 saturated carbocycles. The molecule has 0 spiro atoms. The third-order valence-electron chi connectivity index (χ3n) is 19.7. The summed E-state index contributed by atoms with van der Waals surface area (Å²) in [6.07, 6.45) is 0. The van der Waals surface area contributed by atoms with Crippen LogP contribution in [0.2, 0.25) is 0 Å². The molecule has 0 aliphatic rings. The summed E-state index contributed by atoms with van der Waals surface area (Å²) >= 11 is 0. The predicted octanol–water partition coefficient (Wildman–Crippen LogP) is 22.7. The SMILES string of the molecule is N#Cc1cc(-c2ccc(-n3c4ccccc4c4cc(-c5ccc6c7ccccc7n(-c7ccccc7)c6c5)ccc43)cc2)nc2ccccc12.N#Cc1nc(-c2ccc(-n3c4ccccc4c4cc(-c5ccc6c7ccccc7n(-c7ccccc7)c6c5)ccc43)cc2)nc2ccccc12. The van der Waals surface area contributed by atoms with Crippen molar-refractivity contribution in [1.82, 2.24) is 33.2 Å². The first-order valence-corrected chi connectivity index (χ1v) is 33.4. The molecule has 0 saturated heterocycles. The Hall–Kier alpha value is -14.0. The molecule has 100 heavy (non-hydrogen) atoms. The van der Waals surface area contributed by atoms with Crippen molar-refractivity contribution in [2.75, 3.05) is 0 Å². The van der Waals surface area contributed by atoms with Gasteiger partial charge in [0.15, 0.2) is 11.5 Å². The summed E-state index contributed by atoms with van der Waals surface area (Å²) in [5, 5.41) is 31.0. The monoisotopic (exact) mass is 1270 g/mol. The molecule has 0 bridgehead atoms. The highest BCUT2D eigenvalue weighted by atomic mass is 15.0. The van der Waals surface area contributed by atoms with Crippen molar-refractivity contribution < 1.29 is 0 Å². The van der Waals surface area contributed by atoms with E-state index in [4.69, 9.17) is 9.97 Å². The number of hydrogen-bond acceptors (Lipinski definition) is 5. The maximum Gasteiger partial charge on any atom is 0.161 e. The van der Waals surface area contributed by atoms with Crippen molar-refractivity contribution in [3.8, 4) is 79.8 Å². The maximum absolute atomic E-state index is 9.82. The van der Waals surface area contributed by atoms with Crippen LogP contribution < -0.4 is 0 Å². The van der Waals surface area contributed by atoms with Crippen LogP contribution >= 0.6 is 0 Å². The van der Waals surface area contributed by atoms with Gasteiger partial charge in [-0.3, -0.25) is 0 Å². The minimum Gasteiger partial charge on any atom is -0.309 e. The van der Waals surface area contributed by atoms with Crippen LogP contribution in [-0.4, -0.2) is 33.2 Å². The van der Waals surface area contributed by atoms with Crippen molar-refractivity contribution in [2.24, 2.45) is 0 Å². The molecule has 9 nitrogen and oxygen atoms in total. The molecule has 20 aromatic rings. The van der Waals surface area contributed by atoms with Gasteiger partial charge in [0.1, 0.15) is 6.07 Å². The molecule has 0 aliphatic carbocycles.